The second-order valence-corrected chi connectivity index (χ2v) is 8.94. The first kappa shape index (κ1) is 13.4. The number of benzene rings is 2. The molecule has 2 bridgehead atoms. The average molecular weight is 355 g/mol. The molecule has 3 aromatic rings. The maximum atomic E-state index is 13.4. The van der Waals surface area contributed by atoms with Crippen LogP contribution < -0.4 is 11.4 Å². The quantitative estimate of drug-likeness (QED) is 0.706. The van der Waals surface area contributed by atoms with Crippen molar-refractivity contribution in [2.45, 2.75) is 17.5 Å². The van der Waals surface area contributed by atoms with Gasteiger partial charge >= 0.3 is 11.4 Å². The van der Waals surface area contributed by atoms with Gasteiger partial charge in [-0.05, 0) is 47.3 Å². The number of hydrogen-bond acceptors (Lipinski definition) is 2. The first-order valence-electron chi connectivity index (χ1n) is 9.85. The lowest BCUT2D eigenvalue weighted by Crippen LogP contribution is -2.50. The maximum absolute atomic E-state index is 13.4. The molecule has 132 valence electrons. The molecule has 4 aliphatic carbocycles. The van der Waals surface area contributed by atoms with Gasteiger partial charge in [-0.2, -0.15) is 0 Å². The van der Waals surface area contributed by atoms with Crippen LogP contribution in [0.2, 0.25) is 0 Å². The maximum Gasteiger partial charge on any atom is 0.352 e. The fourth-order valence-electron chi connectivity index (χ4n) is 7.97. The summed E-state index contributed by atoms with van der Waals surface area (Å²) in [4.78, 5) is 26.7. The third-order valence-electron chi connectivity index (χ3n) is 8.45. The van der Waals surface area contributed by atoms with Crippen molar-refractivity contribution in [1.29, 1.82) is 0 Å². The second-order valence-electron chi connectivity index (χ2n) is 8.94. The highest BCUT2D eigenvalue weighted by atomic mass is 16.2. The fraction of sp³-hybridized carbons (Fsp3) is 0.364. The summed E-state index contributed by atoms with van der Waals surface area (Å²) >= 11 is 0. The van der Waals surface area contributed by atoms with Crippen molar-refractivity contribution >= 4 is 0 Å². The molecule has 0 radical (unpaired) electrons. The van der Waals surface area contributed by atoms with E-state index in [0.717, 1.165) is 5.92 Å². The van der Waals surface area contributed by atoms with Crippen molar-refractivity contribution in [2.75, 3.05) is 0 Å². The van der Waals surface area contributed by atoms with Crippen molar-refractivity contribution in [3.8, 4) is 5.69 Å². The van der Waals surface area contributed by atoms with E-state index in [0.29, 0.717) is 29.4 Å². The van der Waals surface area contributed by atoms with Crippen LogP contribution in [-0.2, 0) is 5.41 Å². The summed E-state index contributed by atoms with van der Waals surface area (Å²) < 4.78 is 5.08. The molecule has 2 aromatic carbocycles. The zero-order valence-corrected chi connectivity index (χ0v) is 14.5. The van der Waals surface area contributed by atoms with E-state index in [4.69, 9.17) is 0 Å². The molecular weight excluding hydrogens is 338 g/mol. The van der Waals surface area contributed by atoms with E-state index < -0.39 is 0 Å². The molecule has 9 rings (SSSR count). The van der Waals surface area contributed by atoms with Gasteiger partial charge in [0.25, 0.3) is 0 Å². The highest BCUT2D eigenvalue weighted by Crippen LogP contribution is 2.96. The van der Waals surface area contributed by atoms with Crippen LogP contribution in [0, 0.1) is 29.6 Å². The van der Waals surface area contributed by atoms with Gasteiger partial charge in [0.2, 0.25) is 0 Å². The van der Waals surface area contributed by atoms with Gasteiger partial charge in [-0.15, -0.1) is 0 Å². The van der Waals surface area contributed by atoms with Gasteiger partial charge in [0.05, 0.1) is 17.8 Å². The molecule has 1 aromatic heterocycles. The van der Waals surface area contributed by atoms with Gasteiger partial charge in [-0.1, -0.05) is 48.5 Å². The third kappa shape index (κ3) is 1.10. The Morgan fingerprint density at radius 3 is 2.11 bits per heavy atom. The van der Waals surface area contributed by atoms with Crippen LogP contribution in [0.3, 0.4) is 0 Å². The molecule has 2 aliphatic heterocycles. The van der Waals surface area contributed by atoms with E-state index in [1.807, 2.05) is 39.7 Å². The van der Waals surface area contributed by atoms with Crippen LogP contribution >= 0.6 is 0 Å². The minimum absolute atomic E-state index is 0.0924. The second kappa shape index (κ2) is 3.75. The first-order valence-corrected chi connectivity index (χ1v) is 9.85. The number of para-hydroxylation sites is 1. The first-order chi connectivity index (χ1) is 13.3. The predicted octanol–water partition coefficient (Wildman–Crippen LogP) is 1.97. The minimum Gasteiger partial charge on any atom is -0.245 e. The molecule has 3 heterocycles. The van der Waals surface area contributed by atoms with Gasteiger partial charge in [-0.3, -0.25) is 0 Å². The smallest absolute Gasteiger partial charge is 0.245 e. The summed E-state index contributed by atoms with van der Waals surface area (Å²) in [7, 11) is 0. The Morgan fingerprint density at radius 2 is 1.37 bits per heavy atom. The van der Waals surface area contributed by atoms with E-state index >= 15 is 0 Å². The Hall–Kier alpha value is -2.82. The zero-order valence-electron chi connectivity index (χ0n) is 14.5. The van der Waals surface area contributed by atoms with Gasteiger partial charge in [-0.25, -0.2) is 23.5 Å². The topological polar surface area (TPSA) is 48.9 Å². The normalized spacial score (nSPS) is 42.9. The van der Waals surface area contributed by atoms with Crippen molar-refractivity contribution in [3.63, 3.8) is 0 Å². The van der Waals surface area contributed by atoms with E-state index in [1.165, 1.54) is 10.1 Å². The van der Waals surface area contributed by atoms with E-state index in [-0.39, 0.29) is 28.9 Å². The largest absolute Gasteiger partial charge is 0.352 e. The van der Waals surface area contributed by atoms with Gasteiger partial charge < -0.3 is 0 Å². The fourth-order valence-corrected chi connectivity index (χ4v) is 7.97. The zero-order chi connectivity index (χ0) is 17.7. The van der Waals surface area contributed by atoms with Crippen molar-refractivity contribution in [1.82, 2.24) is 13.9 Å². The Kier molecular flexibility index (Phi) is 1.85. The van der Waals surface area contributed by atoms with Crippen molar-refractivity contribution in [3.05, 3.63) is 87.2 Å². The number of hydrogen-bond donors (Lipinski definition) is 0. The predicted molar refractivity (Wildman–Crippen MR) is 97.9 cm³/mol. The molecule has 8 atom stereocenters. The van der Waals surface area contributed by atoms with Crippen LogP contribution in [0.15, 0.2) is 70.3 Å². The molecule has 4 fully saturated rings. The molecular formula is C22H17N3O2. The van der Waals surface area contributed by atoms with Crippen LogP contribution in [0.4, 0.5) is 0 Å². The number of nitrogens with zero attached hydrogens (tertiary/aromatic N) is 3. The van der Waals surface area contributed by atoms with E-state index in [1.54, 1.807) is 0 Å². The molecule has 0 spiro atoms. The summed E-state index contributed by atoms with van der Waals surface area (Å²) in [6, 6.07) is 20.4. The molecule has 0 amide bonds. The highest BCUT2D eigenvalue weighted by molar-refractivity contribution is 5.54. The van der Waals surface area contributed by atoms with Crippen LogP contribution in [0.1, 0.15) is 17.6 Å². The van der Waals surface area contributed by atoms with Gasteiger partial charge in [0.1, 0.15) is 0 Å². The molecule has 5 heteroatoms. The Bertz CT molecular complexity index is 1270. The standard InChI is InChI=1S/C22H17N3O2/c26-20-23(12-9-5-2-6-10-12)21(27)25-19-15-13-14(15)18(24(20)25)17-16(13)22(17,19)11-7-3-1-4-8-11/h1-10,13-19H/t13-,14-,15+,16+,17+,18+,19+,22-/m1/s1. The minimum atomic E-state index is -0.161. The van der Waals surface area contributed by atoms with Crippen LogP contribution in [-0.4, -0.2) is 13.9 Å². The molecule has 0 unspecified atom stereocenters. The molecule has 5 nitrogen and oxygen atoms in total. The van der Waals surface area contributed by atoms with Crippen molar-refractivity contribution in [2.24, 2.45) is 29.6 Å². The summed E-state index contributed by atoms with van der Waals surface area (Å²) in [5.74, 6) is 3.14. The van der Waals surface area contributed by atoms with E-state index in [2.05, 4.69) is 30.3 Å². The number of aromatic nitrogens is 3. The molecule has 6 aliphatic rings. The molecule has 4 saturated carbocycles. The SMILES string of the molecule is O=c1n(-c2ccccc2)c(=O)n2n1[C@H]1[C@@H]3[C@@H]4[C@@H]3[C@H]2[C@@]2(c3ccccc3)[C@H]1[C@H]42. The van der Waals surface area contributed by atoms with Crippen LogP contribution in [0.5, 0.6) is 0 Å². The summed E-state index contributed by atoms with van der Waals surface area (Å²) in [5.41, 5.74) is 1.82. The average Bonchev–Trinajstić information content (AvgIpc) is 3.51. The summed E-state index contributed by atoms with van der Waals surface area (Å²) in [6.07, 6.45) is 0. The monoisotopic (exact) mass is 355 g/mol. The van der Waals surface area contributed by atoms with E-state index in [9.17, 15) is 9.59 Å². The van der Waals surface area contributed by atoms with Gasteiger partial charge in [0, 0.05) is 5.41 Å². The lowest BCUT2D eigenvalue weighted by molar-refractivity contribution is 0.0921. The lowest BCUT2D eigenvalue weighted by atomic mass is 9.75. The van der Waals surface area contributed by atoms with Crippen LogP contribution in [0.25, 0.3) is 5.69 Å². The highest BCUT2D eigenvalue weighted by Gasteiger charge is 2.97. The lowest BCUT2D eigenvalue weighted by Gasteiger charge is -2.43. The Labute approximate surface area is 154 Å². The number of rotatable bonds is 2. The Balaban J connectivity index is 1.43. The van der Waals surface area contributed by atoms with Crippen molar-refractivity contribution < 1.29 is 0 Å². The Morgan fingerprint density at radius 1 is 0.704 bits per heavy atom. The third-order valence-corrected chi connectivity index (χ3v) is 8.45. The molecule has 0 N–H and O–H groups in total. The summed E-state index contributed by atoms with van der Waals surface area (Å²) in [5, 5.41) is 0. The summed E-state index contributed by atoms with van der Waals surface area (Å²) in [6.45, 7) is 0. The molecule has 27 heavy (non-hydrogen) atoms. The molecule has 0 saturated heterocycles. The van der Waals surface area contributed by atoms with Gasteiger partial charge in [0.15, 0.2) is 0 Å².